The van der Waals surface area contributed by atoms with E-state index < -0.39 is 15.7 Å². The number of carbonyl (C=O) groups excluding carboxylic acids is 1. The number of hydrogen-bond donors (Lipinski definition) is 0. The number of carbonyl (C=O) groups is 1. The first-order chi connectivity index (χ1) is 8.19. The first-order valence-electron chi connectivity index (χ1n) is 6.20. The molecule has 6 heteroatoms. The zero-order chi connectivity index (χ0) is 14.4. The van der Waals surface area contributed by atoms with E-state index in [0.717, 1.165) is 7.11 Å². The first-order valence-corrected chi connectivity index (χ1v) is 7.78. The summed E-state index contributed by atoms with van der Waals surface area (Å²) in [4.78, 5) is 11.7. The summed E-state index contributed by atoms with van der Waals surface area (Å²) < 4.78 is 32.4. The highest BCUT2D eigenvalue weighted by molar-refractivity contribution is 7.86. The lowest BCUT2D eigenvalue weighted by Gasteiger charge is -2.29. The van der Waals surface area contributed by atoms with Crippen LogP contribution >= 0.6 is 0 Å². The molecule has 2 unspecified atom stereocenters. The molecular formula is C12H24O5S. The van der Waals surface area contributed by atoms with Crippen LogP contribution in [0.2, 0.25) is 0 Å². The fourth-order valence-corrected chi connectivity index (χ4v) is 2.08. The third kappa shape index (κ3) is 5.82. The summed E-state index contributed by atoms with van der Waals surface area (Å²) in [6, 6.07) is 0. The lowest BCUT2D eigenvalue weighted by atomic mass is 9.99. The number of esters is 1. The third-order valence-electron chi connectivity index (χ3n) is 3.24. The van der Waals surface area contributed by atoms with Crippen molar-refractivity contribution in [2.75, 3.05) is 12.9 Å². The second-order valence-corrected chi connectivity index (χ2v) is 6.57. The molecule has 0 aliphatic carbocycles. The highest BCUT2D eigenvalue weighted by Crippen LogP contribution is 2.23. The summed E-state index contributed by atoms with van der Waals surface area (Å²) in [6.45, 7) is 7.32. The largest absolute Gasteiger partial charge is 0.459 e. The zero-order valence-electron chi connectivity index (χ0n) is 11.9. The van der Waals surface area contributed by atoms with Crippen molar-refractivity contribution in [3.63, 3.8) is 0 Å². The van der Waals surface area contributed by atoms with Crippen molar-refractivity contribution in [1.82, 2.24) is 0 Å². The zero-order valence-corrected chi connectivity index (χ0v) is 12.7. The quantitative estimate of drug-likeness (QED) is 0.503. The van der Waals surface area contributed by atoms with Gasteiger partial charge >= 0.3 is 5.97 Å². The van der Waals surface area contributed by atoms with Crippen LogP contribution in [0.15, 0.2) is 0 Å². The molecule has 0 aromatic heterocycles. The van der Waals surface area contributed by atoms with Gasteiger partial charge in [0.1, 0.15) is 5.60 Å². The second kappa shape index (κ2) is 7.09. The number of hydrogen-bond acceptors (Lipinski definition) is 5. The standard InChI is InChI=1S/C12H24O5S/c1-6-10(3)11(13)17-12(4,7-2)8-9-18(14,15)16-5/h10H,6-9H2,1-5H3. The minimum absolute atomic E-state index is 0.151. The van der Waals surface area contributed by atoms with Crippen LogP contribution in [0.25, 0.3) is 0 Å². The van der Waals surface area contributed by atoms with E-state index in [-0.39, 0.29) is 24.1 Å². The molecule has 0 saturated carbocycles. The molecule has 0 N–H and O–H groups in total. The van der Waals surface area contributed by atoms with Crippen molar-refractivity contribution in [1.29, 1.82) is 0 Å². The van der Waals surface area contributed by atoms with Gasteiger partial charge in [-0.15, -0.1) is 0 Å². The Hall–Kier alpha value is -0.620. The molecule has 0 aromatic carbocycles. The normalized spacial score (nSPS) is 16.9. The van der Waals surface area contributed by atoms with Crippen molar-refractivity contribution in [3.05, 3.63) is 0 Å². The van der Waals surface area contributed by atoms with E-state index in [0.29, 0.717) is 12.8 Å². The molecule has 0 radical (unpaired) electrons. The summed E-state index contributed by atoms with van der Waals surface area (Å²) in [7, 11) is -2.39. The van der Waals surface area contributed by atoms with Crippen molar-refractivity contribution < 1.29 is 22.1 Å². The van der Waals surface area contributed by atoms with Crippen molar-refractivity contribution in [2.45, 2.75) is 52.6 Å². The topological polar surface area (TPSA) is 69.7 Å². The van der Waals surface area contributed by atoms with Crippen LogP contribution in [0.1, 0.15) is 47.0 Å². The van der Waals surface area contributed by atoms with Gasteiger partial charge in [0.05, 0.1) is 18.8 Å². The van der Waals surface area contributed by atoms with Gasteiger partial charge in [-0.2, -0.15) is 8.42 Å². The van der Waals surface area contributed by atoms with Gasteiger partial charge in [0.25, 0.3) is 10.1 Å². The summed E-state index contributed by atoms with van der Waals surface area (Å²) in [5.41, 5.74) is -0.758. The van der Waals surface area contributed by atoms with Gasteiger partial charge in [-0.05, 0) is 19.8 Å². The molecule has 0 fully saturated rings. The minimum Gasteiger partial charge on any atom is -0.459 e. The average molecular weight is 280 g/mol. The van der Waals surface area contributed by atoms with Crippen molar-refractivity contribution >= 4 is 16.1 Å². The van der Waals surface area contributed by atoms with Crippen molar-refractivity contribution in [3.8, 4) is 0 Å². The highest BCUT2D eigenvalue weighted by Gasteiger charge is 2.30. The minimum atomic E-state index is -3.52. The molecule has 2 atom stereocenters. The summed E-state index contributed by atoms with van der Waals surface area (Å²) in [5, 5.41) is 0. The average Bonchev–Trinajstić information content (AvgIpc) is 2.35. The summed E-state index contributed by atoms with van der Waals surface area (Å²) in [5.74, 6) is -0.603. The molecule has 0 saturated heterocycles. The maximum atomic E-state index is 11.7. The summed E-state index contributed by atoms with van der Waals surface area (Å²) in [6.07, 6.45) is 1.51. The van der Waals surface area contributed by atoms with Gasteiger partial charge in [0, 0.05) is 6.42 Å². The second-order valence-electron chi connectivity index (χ2n) is 4.71. The van der Waals surface area contributed by atoms with E-state index in [9.17, 15) is 13.2 Å². The van der Waals surface area contributed by atoms with Crippen LogP contribution in [-0.4, -0.2) is 32.9 Å². The molecule has 0 aliphatic rings. The Labute approximate surface area is 110 Å². The fraction of sp³-hybridized carbons (Fsp3) is 0.917. The highest BCUT2D eigenvalue weighted by atomic mass is 32.2. The molecule has 0 amide bonds. The van der Waals surface area contributed by atoms with Gasteiger partial charge < -0.3 is 4.74 Å². The Morgan fingerprint density at radius 3 is 2.28 bits per heavy atom. The van der Waals surface area contributed by atoms with Gasteiger partial charge in [-0.3, -0.25) is 8.98 Å². The van der Waals surface area contributed by atoms with Gasteiger partial charge in [0.2, 0.25) is 0 Å². The Morgan fingerprint density at radius 1 is 1.33 bits per heavy atom. The Balaban J connectivity index is 4.58. The van der Waals surface area contributed by atoms with Gasteiger partial charge in [-0.25, -0.2) is 0 Å². The van der Waals surface area contributed by atoms with Crippen LogP contribution in [-0.2, 0) is 23.8 Å². The van der Waals surface area contributed by atoms with Crippen LogP contribution in [0.5, 0.6) is 0 Å². The molecule has 108 valence electrons. The Bertz CT molecular complexity index is 363. The van der Waals surface area contributed by atoms with Crippen LogP contribution < -0.4 is 0 Å². The van der Waals surface area contributed by atoms with Crippen molar-refractivity contribution in [2.24, 2.45) is 5.92 Å². The molecule has 0 aliphatic heterocycles. The molecule has 0 spiro atoms. The van der Waals surface area contributed by atoms with E-state index in [1.54, 1.807) is 13.8 Å². The summed E-state index contributed by atoms with van der Waals surface area (Å²) >= 11 is 0. The van der Waals surface area contributed by atoms with E-state index in [1.165, 1.54) is 0 Å². The molecule has 5 nitrogen and oxygen atoms in total. The Kier molecular flexibility index (Phi) is 6.84. The number of rotatable bonds is 8. The monoisotopic (exact) mass is 280 g/mol. The SMILES string of the molecule is CCC(C)C(=O)OC(C)(CC)CCS(=O)(=O)OC. The molecule has 0 heterocycles. The van der Waals surface area contributed by atoms with Gasteiger partial charge in [-0.1, -0.05) is 20.8 Å². The predicted octanol–water partition coefficient (Wildman–Crippen LogP) is 2.11. The van der Waals surface area contributed by atoms with Crippen LogP contribution in [0.3, 0.4) is 0 Å². The number of ether oxygens (including phenoxy) is 1. The molecule has 18 heavy (non-hydrogen) atoms. The first kappa shape index (κ1) is 17.4. The maximum Gasteiger partial charge on any atom is 0.309 e. The maximum absolute atomic E-state index is 11.7. The molecule has 0 aromatic rings. The van der Waals surface area contributed by atoms with E-state index >= 15 is 0 Å². The van der Waals surface area contributed by atoms with Crippen LogP contribution in [0.4, 0.5) is 0 Å². The Morgan fingerprint density at radius 2 is 1.89 bits per heavy atom. The molecule has 0 bridgehead atoms. The predicted molar refractivity (Wildman–Crippen MR) is 69.7 cm³/mol. The molecular weight excluding hydrogens is 256 g/mol. The van der Waals surface area contributed by atoms with E-state index in [2.05, 4.69) is 4.18 Å². The third-order valence-corrected chi connectivity index (χ3v) is 4.46. The molecule has 0 rings (SSSR count). The fourth-order valence-electron chi connectivity index (χ4n) is 1.23. The lowest BCUT2D eigenvalue weighted by molar-refractivity contribution is -0.163. The van der Waals surface area contributed by atoms with Crippen LogP contribution in [0, 0.1) is 5.92 Å². The van der Waals surface area contributed by atoms with Gasteiger partial charge in [0.15, 0.2) is 0 Å². The smallest absolute Gasteiger partial charge is 0.309 e. The van der Waals surface area contributed by atoms with E-state index in [4.69, 9.17) is 4.74 Å². The van der Waals surface area contributed by atoms with E-state index in [1.807, 2.05) is 13.8 Å². The lowest BCUT2D eigenvalue weighted by Crippen LogP contribution is -2.35.